The Bertz CT molecular complexity index is 951. The van der Waals surface area contributed by atoms with Crippen LogP contribution >= 0.6 is 0 Å². The van der Waals surface area contributed by atoms with Crippen molar-refractivity contribution in [2.24, 2.45) is 0 Å². The molecule has 2 heterocycles. The number of carbonyl (C=O) groups excluding carboxylic acids is 3. The highest BCUT2D eigenvalue weighted by Crippen LogP contribution is 2.35. The summed E-state index contributed by atoms with van der Waals surface area (Å²) in [5, 5.41) is 5.73. The largest absolute Gasteiger partial charge is 0.494 e. The molecule has 0 saturated carbocycles. The van der Waals surface area contributed by atoms with Crippen LogP contribution in [0.5, 0.6) is 5.75 Å². The van der Waals surface area contributed by atoms with Gasteiger partial charge in [0.05, 0.1) is 23.9 Å². The van der Waals surface area contributed by atoms with Crippen LogP contribution in [0, 0.1) is 0 Å². The summed E-state index contributed by atoms with van der Waals surface area (Å²) in [7, 11) is 0. The summed E-state index contributed by atoms with van der Waals surface area (Å²) in [4.78, 5) is 39.1. The van der Waals surface area contributed by atoms with Crippen molar-refractivity contribution in [1.82, 2.24) is 15.5 Å². The lowest BCUT2D eigenvalue weighted by atomic mass is 9.95. The average Bonchev–Trinajstić information content (AvgIpc) is 3.18. The van der Waals surface area contributed by atoms with E-state index in [4.69, 9.17) is 9.47 Å². The van der Waals surface area contributed by atoms with Crippen LogP contribution in [0.25, 0.3) is 0 Å². The van der Waals surface area contributed by atoms with E-state index in [9.17, 15) is 14.4 Å². The fourth-order valence-electron chi connectivity index (χ4n) is 4.35. The third-order valence-electron chi connectivity index (χ3n) is 5.98. The minimum Gasteiger partial charge on any atom is -0.494 e. The average molecular weight is 440 g/mol. The Morgan fingerprint density at radius 1 is 1.25 bits per heavy atom. The third kappa shape index (κ3) is 4.79. The lowest BCUT2D eigenvalue weighted by Crippen LogP contribution is -2.50. The van der Waals surface area contributed by atoms with E-state index in [0.29, 0.717) is 30.2 Å². The molecule has 0 fully saturated rings. The van der Waals surface area contributed by atoms with Crippen molar-refractivity contribution < 1.29 is 23.9 Å². The molecule has 1 aromatic carbocycles. The second kappa shape index (κ2) is 9.89. The number of cyclic esters (lactones) is 1. The van der Waals surface area contributed by atoms with E-state index in [1.54, 1.807) is 12.1 Å². The van der Waals surface area contributed by atoms with Crippen LogP contribution < -0.4 is 15.4 Å². The van der Waals surface area contributed by atoms with E-state index in [2.05, 4.69) is 16.7 Å². The summed E-state index contributed by atoms with van der Waals surface area (Å²) in [5.41, 5.74) is 2.94. The van der Waals surface area contributed by atoms with Gasteiger partial charge in [0.2, 0.25) is 5.91 Å². The highest BCUT2D eigenvalue weighted by molar-refractivity contribution is 5.98. The number of nitrogens with one attached hydrogen (secondary N) is 2. The molecule has 2 aliphatic heterocycles. The summed E-state index contributed by atoms with van der Waals surface area (Å²) in [6.45, 7) is 2.82. The molecule has 8 nitrogen and oxygen atoms in total. The van der Waals surface area contributed by atoms with Crippen molar-refractivity contribution in [3.63, 3.8) is 0 Å². The van der Waals surface area contributed by atoms with Crippen molar-refractivity contribution >= 4 is 17.9 Å². The highest BCUT2D eigenvalue weighted by Gasteiger charge is 2.42. The first-order chi connectivity index (χ1) is 15.6. The molecule has 1 atom stereocenters. The number of carbonyl (C=O) groups is 3. The zero-order valence-corrected chi connectivity index (χ0v) is 18.3. The molecule has 2 N–H and O–H groups in total. The van der Waals surface area contributed by atoms with Crippen LogP contribution in [-0.2, 0) is 14.3 Å². The zero-order valence-electron chi connectivity index (χ0n) is 18.3. The van der Waals surface area contributed by atoms with Crippen molar-refractivity contribution in [2.75, 3.05) is 26.3 Å². The Hall–Kier alpha value is -3.29. The van der Waals surface area contributed by atoms with Crippen LogP contribution in [0.2, 0.25) is 0 Å². The highest BCUT2D eigenvalue weighted by atomic mass is 16.5. The van der Waals surface area contributed by atoms with Gasteiger partial charge in [-0.25, -0.2) is 9.59 Å². The van der Waals surface area contributed by atoms with Gasteiger partial charge in [0.15, 0.2) is 0 Å². The van der Waals surface area contributed by atoms with Crippen LogP contribution in [0.15, 0.2) is 47.2 Å². The first-order valence-corrected chi connectivity index (χ1v) is 11.2. The van der Waals surface area contributed by atoms with Gasteiger partial charge in [0, 0.05) is 6.54 Å². The maximum absolute atomic E-state index is 12.9. The van der Waals surface area contributed by atoms with Gasteiger partial charge >= 0.3 is 12.0 Å². The number of benzene rings is 1. The van der Waals surface area contributed by atoms with Gasteiger partial charge in [0.25, 0.3) is 0 Å². The number of amides is 3. The minimum atomic E-state index is -0.624. The molecule has 4 rings (SSSR count). The second-order valence-electron chi connectivity index (χ2n) is 8.12. The van der Waals surface area contributed by atoms with Gasteiger partial charge in [-0.2, -0.15) is 0 Å². The smallest absolute Gasteiger partial charge is 0.338 e. The number of rotatable bonds is 8. The number of hydrogen-bond acceptors (Lipinski definition) is 5. The summed E-state index contributed by atoms with van der Waals surface area (Å²) < 4.78 is 10.7. The molecule has 170 valence electrons. The molecule has 0 aromatic heterocycles. The Kier molecular flexibility index (Phi) is 6.78. The molecule has 0 spiro atoms. The van der Waals surface area contributed by atoms with E-state index in [0.717, 1.165) is 24.8 Å². The quantitative estimate of drug-likeness (QED) is 0.480. The number of urea groups is 1. The molecule has 32 heavy (non-hydrogen) atoms. The SMILES string of the molecule is CCOc1ccc(C2NC(=O)N(CC(=O)NCCC3=CCCCC3)C3=C2C(=O)OC3)cc1. The summed E-state index contributed by atoms with van der Waals surface area (Å²) in [6.07, 6.45) is 7.72. The zero-order chi connectivity index (χ0) is 22.5. The van der Waals surface area contributed by atoms with Gasteiger partial charge < -0.3 is 20.1 Å². The molecular weight excluding hydrogens is 410 g/mol. The van der Waals surface area contributed by atoms with Crippen LogP contribution in [0.4, 0.5) is 4.79 Å². The van der Waals surface area contributed by atoms with Crippen molar-refractivity contribution in [3.05, 3.63) is 52.7 Å². The van der Waals surface area contributed by atoms with E-state index in [1.165, 1.54) is 23.3 Å². The second-order valence-corrected chi connectivity index (χ2v) is 8.12. The maximum Gasteiger partial charge on any atom is 0.338 e. The fraction of sp³-hybridized carbons (Fsp3) is 0.458. The predicted octanol–water partition coefficient (Wildman–Crippen LogP) is 2.97. The molecule has 1 aromatic rings. The molecule has 3 aliphatic rings. The van der Waals surface area contributed by atoms with Crippen molar-refractivity contribution in [1.29, 1.82) is 0 Å². The first kappa shape index (κ1) is 21.9. The molecule has 3 amide bonds. The molecule has 8 heteroatoms. The normalized spacial score (nSPS) is 20.3. The molecular formula is C24H29N3O5. The Labute approximate surface area is 187 Å². The van der Waals surface area contributed by atoms with E-state index in [-0.39, 0.29) is 19.1 Å². The minimum absolute atomic E-state index is 0.0186. The number of esters is 1. The lowest BCUT2D eigenvalue weighted by Gasteiger charge is -2.32. The summed E-state index contributed by atoms with van der Waals surface area (Å²) in [6, 6.07) is 6.18. The topological polar surface area (TPSA) is 97.0 Å². The number of allylic oxidation sites excluding steroid dienone is 1. The maximum atomic E-state index is 12.9. The van der Waals surface area contributed by atoms with Gasteiger partial charge in [-0.15, -0.1) is 0 Å². The molecule has 1 unspecified atom stereocenters. The monoisotopic (exact) mass is 439 g/mol. The van der Waals surface area contributed by atoms with Crippen molar-refractivity contribution in [2.45, 2.75) is 45.1 Å². The van der Waals surface area contributed by atoms with Gasteiger partial charge in [0.1, 0.15) is 18.9 Å². The summed E-state index contributed by atoms with van der Waals surface area (Å²) in [5.74, 6) is -0.0281. The first-order valence-electron chi connectivity index (χ1n) is 11.2. The van der Waals surface area contributed by atoms with Crippen molar-refractivity contribution in [3.8, 4) is 5.75 Å². The number of nitrogens with zero attached hydrogens (tertiary/aromatic N) is 1. The number of hydrogen-bond donors (Lipinski definition) is 2. The fourth-order valence-corrected chi connectivity index (χ4v) is 4.35. The van der Waals surface area contributed by atoms with Crippen LogP contribution in [-0.4, -0.2) is 49.1 Å². The Morgan fingerprint density at radius 3 is 2.78 bits per heavy atom. The van der Waals surface area contributed by atoms with Crippen LogP contribution in [0.1, 0.15) is 50.6 Å². The van der Waals surface area contributed by atoms with E-state index >= 15 is 0 Å². The Morgan fingerprint density at radius 2 is 2.06 bits per heavy atom. The third-order valence-corrected chi connectivity index (χ3v) is 5.98. The molecule has 0 radical (unpaired) electrons. The standard InChI is InChI=1S/C24H29N3O5/c1-2-31-18-10-8-17(9-11-18)22-21-19(15-32-23(21)29)27(24(30)26-22)14-20(28)25-13-12-16-6-4-3-5-7-16/h6,8-11,22H,2-5,7,12-15H2,1H3,(H,25,28)(H,26,30). The molecule has 0 saturated heterocycles. The van der Waals surface area contributed by atoms with Gasteiger partial charge in [-0.05, 0) is 56.7 Å². The molecule has 0 bridgehead atoms. The lowest BCUT2D eigenvalue weighted by molar-refractivity contribution is -0.136. The summed E-state index contributed by atoms with van der Waals surface area (Å²) >= 11 is 0. The van der Waals surface area contributed by atoms with Crippen LogP contribution in [0.3, 0.4) is 0 Å². The van der Waals surface area contributed by atoms with E-state index in [1.807, 2.05) is 19.1 Å². The molecule has 1 aliphatic carbocycles. The van der Waals surface area contributed by atoms with E-state index < -0.39 is 18.0 Å². The predicted molar refractivity (Wildman–Crippen MR) is 118 cm³/mol. The van der Waals surface area contributed by atoms with Gasteiger partial charge in [-0.1, -0.05) is 23.8 Å². The number of ether oxygens (including phenoxy) is 2. The van der Waals surface area contributed by atoms with Gasteiger partial charge in [-0.3, -0.25) is 9.69 Å². The Balaban J connectivity index is 1.44.